The van der Waals surface area contributed by atoms with Gasteiger partial charge in [0.05, 0.1) is 5.56 Å². The van der Waals surface area contributed by atoms with Gasteiger partial charge in [-0.25, -0.2) is 0 Å². The van der Waals surface area contributed by atoms with Gasteiger partial charge in [-0.1, -0.05) is 24.5 Å². The number of hydrogen-bond acceptors (Lipinski definition) is 3. The number of benzene rings is 1. The number of nitrogens with two attached hydrogens (primary N) is 1. The third-order valence-corrected chi connectivity index (χ3v) is 3.79. The van der Waals surface area contributed by atoms with E-state index in [1.54, 1.807) is 18.2 Å². The molecule has 1 saturated heterocycles. The molecule has 1 amide bonds. The van der Waals surface area contributed by atoms with Crippen molar-refractivity contribution in [2.24, 2.45) is 5.73 Å². The number of likely N-dealkylation sites (tertiary alicyclic amines) is 1. The summed E-state index contributed by atoms with van der Waals surface area (Å²) in [5.74, 6) is -0.0471. The van der Waals surface area contributed by atoms with Gasteiger partial charge >= 0.3 is 0 Å². The average Bonchev–Trinajstić information content (AvgIpc) is 2.65. The Hall–Kier alpha value is -1.55. The molecule has 3 N–H and O–H groups in total. The SMILES string of the molecule is Cc1ccc(O)c(C(=O)N2CCCCCC2CN)c1. The molecule has 1 atom stereocenters. The van der Waals surface area contributed by atoms with Crippen LogP contribution in [0.1, 0.15) is 41.6 Å². The highest BCUT2D eigenvalue weighted by molar-refractivity contribution is 5.97. The molecule has 0 radical (unpaired) electrons. The summed E-state index contributed by atoms with van der Waals surface area (Å²) in [6.07, 6.45) is 4.22. The second-order valence-electron chi connectivity index (χ2n) is 5.26. The molecule has 104 valence electrons. The second kappa shape index (κ2) is 6.06. The van der Waals surface area contributed by atoms with E-state index in [1.807, 2.05) is 11.8 Å². The number of phenolic OH excluding ortho intramolecular Hbond substituents is 1. The number of rotatable bonds is 2. The molecular formula is C15H22N2O2. The fourth-order valence-electron chi connectivity index (χ4n) is 2.67. The molecule has 1 heterocycles. The van der Waals surface area contributed by atoms with Crippen molar-refractivity contribution in [3.63, 3.8) is 0 Å². The maximum absolute atomic E-state index is 12.6. The Balaban J connectivity index is 2.27. The molecule has 4 heteroatoms. The first-order chi connectivity index (χ1) is 9.13. The minimum absolute atomic E-state index is 0.0515. The fourth-order valence-corrected chi connectivity index (χ4v) is 2.67. The number of amides is 1. The molecular weight excluding hydrogens is 240 g/mol. The number of aryl methyl sites for hydroxylation is 1. The van der Waals surface area contributed by atoms with Gasteiger partial charge in [0, 0.05) is 19.1 Å². The first-order valence-electron chi connectivity index (χ1n) is 6.94. The summed E-state index contributed by atoms with van der Waals surface area (Å²) in [5, 5.41) is 9.89. The Kier molecular flexibility index (Phi) is 4.43. The summed E-state index contributed by atoms with van der Waals surface area (Å²) in [6.45, 7) is 3.13. The maximum Gasteiger partial charge on any atom is 0.257 e. The average molecular weight is 262 g/mol. The van der Waals surface area contributed by atoms with Gasteiger partial charge in [-0.15, -0.1) is 0 Å². The number of aromatic hydroxyl groups is 1. The Morgan fingerprint density at radius 3 is 2.95 bits per heavy atom. The van der Waals surface area contributed by atoms with Crippen LogP contribution >= 0.6 is 0 Å². The van der Waals surface area contributed by atoms with E-state index in [4.69, 9.17) is 5.73 Å². The summed E-state index contributed by atoms with van der Waals surface area (Å²) < 4.78 is 0. The molecule has 1 fully saturated rings. The predicted molar refractivity (Wildman–Crippen MR) is 75.2 cm³/mol. The van der Waals surface area contributed by atoms with Crippen molar-refractivity contribution in [2.45, 2.75) is 38.6 Å². The van der Waals surface area contributed by atoms with E-state index in [2.05, 4.69) is 0 Å². The van der Waals surface area contributed by atoms with Gasteiger partial charge in [0.1, 0.15) is 5.75 Å². The van der Waals surface area contributed by atoms with E-state index < -0.39 is 0 Å². The number of phenols is 1. The van der Waals surface area contributed by atoms with Gasteiger partial charge in [-0.2, -0.15) is 0 Å². The van der Waals surface area contributed by atoms with Crippen LogP contribution in [-0.2, 0) is 0 Å². The summed E-state index contributed by atoms with van der Waals surface area (Å²) in [7, 11) is 0. The minimum atomic E-state index is -0.0986. The van der Waals surface area contributed by atoms with E-state index in [0.29, 0.717) is 12.1 Å². The van der Waals surface area contributed by atoms with Crippen LogP contribution in [0.2, 0.25) is 0 Å². The van der Waals surface area contributed by atoms with Crippen LogP contribution in [0, 0.1) is 6.92 Å². The Morgan fingerprint density at radius 2 is 2.21 bits per heavy atom. The molecule has 2 rings (SSSR count). The summed E-state index contributed by atoms with van der Waals surface area (Å²) >= 11 is 0. The maximum atomic E-state index is 12.6. The van der Waals surface area contributed by atoms with Crippen LogP contribution in [0.5, 0.6) is 5.75 Å². The highest BCUT2D eigenvalue weighted by atomic mass is 16.3. The molecule has 0 saturated carbocycles. The normalized spacial score (nSPS) is 20.1. The van der Waals surface area contributed by atoms with Crippen molar-refractivity contribution in [2.75, 3.05) is 13.1 Å². The number of carbonyl (C=O) groups excluding carboxylic acids is 1. The Labute approximate surface area is 114 Å². The van der Waals surface area contributed by atoms with Gasteiger partial charge in [-0.3, -0.25) is 4.79 Å². The summed E-state index contributed by atoms with van der Waals surface area (Å²) in [5.41, 5.74) is 7.15. The molecule has 4 nitrogen and oxygen atoms in total. The van der Waals surface area contributed by atoms with Gasteiger partial charge in [0.15, 0.2) is 0 Å². The van der Waals surface area contributed by atoms with Crippen molar-refractivity contribution in [3.05, 3.63) is 29.3 Å². The summed E-state index contributed by atoms with van der Waals surface area (Å²) in [4.78, 5) is 14.4. The fraction of sp³-hybridized carbons (Fsp3) is 0.533. The quantitative estimate of drug-likeness (QED) is 0.857. The van der Waals surface area contributed by atoms with Crippen molar-refractivity contribution < 1.29 is 9.90 Å². The molecule has 1 aliphatic rings. The van der Waals surface area contributed by atoms with E-state index in [-0.39, 0.29) is 17.7 Å². The molecule has 0 aliphatic carbocycles. The van der Waals surface area contributed by atoms with Crippen LogP contribution in [0.4, 0.5) is 0 Å². The van der Waals surface area contributed by atoms with Crippen molar-refractivity contribution in [1.82, 2.24) is 4.90 Å². The molecule has 0 aromatic heterocycles. The zero-order valence-electron chi connectivity index (χ0n) is 11.4. The van der Waals surface area contributed by atoms with Crippen LogP contribution in [-0.4, -0.2) is 35.0 Å². The Bertz CT molecular complexity index is 459. The molecule has 1 aromatic carbocycles. The third kappa shape index (κ3) is 3.07. The van der Waals surface area contributed by atoms with Crippen LogP contribution in [0.15, 0.2) is 18.2 Å². The summed E-state index contributed by atoms with van der Waals surface area (Å²) in [6, 6.07) is 5.22. The third-order valence-electron chi connectivity index (χ3n) is 3.79. The highest BCUT2D eigenvalue weighted by Crippen LogP contribution is 2.24. The van der Waals surface area contributed by atoms with Crippen LogP contribution < -0.4 is 5.73 Å². The zero-order chi connectivity index (χ0) is 13.8. The zero-order valence-corrected chi connectivity index (χ0v) is 11.4. The molecule has 1 unspecified atom stereocenters. The van der Waals surface area contributed by atoms with E-state index in [9.17, 15) is 9.90 Å². The lowest BCUT2D eigenvalue weighted by atomic mass is 10.1. The van der Waals surface area contributed by atoms with Crippen molar-refractivity contribution in [3.8, 4) is 5.75 Å². The van der Waals surface area contributed by atoms with Gasteiger partial charge in [-0.05, 0) is 31.9 Å². The predicted octanol–water partition coefficient (Wildman–Crippen LogP) is 2.04. The number of nitrogens with zero attached hydrogens (tertiary/aromatic N) is 1. The lowest BCUT2D eigenvalue weighted by Gasteiger charge is -2.29. The van der Waals surface area contributed by atoms with Gasteiger partial charge in [0.2, 0.25) is 0 Å². The second-order valence-corrected chi connectivity index (χ2v) is 5.26. The monoisotopic (exact) mass is 262 g/mol. The topological polar surface area (TPSA) is 66.6 Å². The minimum Gasteiger partial charge on any atom is -0.507 e. The van der Waals surface area contributed by atoms with E-state index in [1.165, 1.54) is 0 Å². The first kappa shape index (κ1) is 13.9. The smallest absolute Gasteiger partial charge is 0.257 e. The van der Waals surface area contributed by atoms with Crippen LogP contribution in [0.3, 0.4) is 0 Å². The number of carbonyl (C=O) groups is 1. The van der Waals surface area contributed by atoms with Gasteiger partial charge < -0.3 is 15.7 Å². The molecule has 19 heavy (non-hydrogen) atoms. The van der Waals surface area contributed by atoms with Crippen molar-refractivity contribution in [1.29, 1.82) is 0 Å². The van der Waals surface area contributed by atoms with Gasteiger partial charge in [0.25, 0.3) is 5.91 Å². The van der Waals surface area contributed by atoms with E-state index in [0.717, 1.165) is 37.8 Å². The Morgan fingerprint density at radius 1 is 1.42 bits per heavy atom. The lowest BCUT2D eigenvalue weighted by molar-refractivity contribution is 0.0686. The van der Waals surface area contributed by atoms with Crippen molar-refractivity contribution >= 4 is 5.91 Å². The lowest BCUT2D eigenvalue weighted by Crippen LogP contribution is -2.44. The standard InChI is InChI=1S/C15H22N2O2/c1-11-6-7-14(18)13(9-11)15(19)17-8-4-2-3-5-12(17)10-16/h6-7,9,12,18H,2-5,8,10,16H2,1H3. The molecule has 1 aliphatic heterocycles. The molecule has 0 bridgehead atoms. The largest absolute Gasteiger partial charge is 0.507 e. The van der Waals surface area contributed by atoms with E-state index >= 15 is 0 Å². The first-order valence-corrected chi connectivity index (χ1v) is 6.94. The molecule has 1 aromatic rings. The number of hydrogen-bond donors (Lipinski definition) is 2. The highest BCUT2D eigenvalue weighted by Gasteiger charge is 2.26. The van der Waals surface area contributed by atoms with Crippen LogP contribution in [0.25, 0.3) is 0 Å². The molecule has 0 spiro atoms.